The third kappa shape index (κ3) is 22.9. The summed E-state index contributed by atoms with van der Waals surface area (Å²) < 4.78 is 4.91. The van der Waals surface area contributed by atoms with Gasteiger partial charge in [0.05, 0.1) is 6.61 Å². The molecule has 0 unspecified atom stereocenters. The minimum Gasteiger partial charge on any atom is -0.478 e. The van der Waals surface area contributed by atoms with Gasteiger partial charge in [0.1, 0.15) is 0 Å². The highest BCUT2D eigenvalue weighted by Crippen LogP contribution is 2.11. The zero-order valence-corrected chi connectivity index (χ0v) is 8.26. The van der Waals surface area contributed by atoms with Crippen molar-refractivity contribution in [2.24, 2.45) is 5.41 Å². The molecule has 12 heavy (non-hydrogen) atoms. The van der Waals surface area contributed by atoms with Crippen LogP contribution in [0.25, 0.3) is 0 Å². The van der Waals surface area contributed by atoms with E-state index in [0.717, 1.165) is 12.7 Å². The van der Waals surface area contributed by atoms with Gasteiger partial charge >= 0.3 is 5.97 Å². The predicted octanol–water partition coefficient (Wildman–Crippen LogP) is 1.94. The molecule has 0 aromatic carbocycles. The van der Waals surface area contributed by atoms with E-state index in [-0.39, 0.29) is 0 Å². The highest BCUT2D eigenvalue weighted by atomic mass is 16.5. The molecule has 0 radical (unpaired) electrons. The molecule has 0 aromatic heterocycles. The van der Waals surface area contributed by atoms with Crippen molar-refractivity contribution in [3.8, 4) is 0 Å². The van der Waals surface area contributed by atoms with E-state index in [1.807, 2.05) is 0 Å². The molecular formula is C9H18O3. The third-order valence-corrected chi connectivity index (χ3v) is 0.752. The van der Waals surface area contributed by atoms with Gasteiger partial charge in [-0.1, -0.05) is 27.4 Å². The van der Waals surface area contributed by atoms with Gasteiger partial charge in [0.25, 0.3) is 0 Å². The van der Waals surface area contributed by atoms with E-state index in [1.165, 1.54) is 0 Å². The molecule has 0 aliphatic rings. The van der Waals surface area contributed by atoms with Crippen molar-refractivity contribution in [3.63, 3.8) is 0 Å². The van der Waals surface area contributed by atoms with Crippen molar-refractivity contribution in [1.29, 1.82) is 0 Å². The maximum atomic E-state index is 9.25. The second-order valence-corrected chi connectivity index (χ2v) is 3.54. The average molecular weight is 174 g/mol. The van der Waals surface area contributed by atoms with Gasteiger partial charge in [-0.2, -0.15) is 0 Å². The van der Waals surface area contributed by atoms with Crippen LogP contribution in [0.4, 0.5) is 0 Å². The minimum atomic E-state index is -0.981. The minimum absolute atomic E-state index is 0.328. The Morgan fingerprint density at radius 3 is 1.92 bits per heavy atom. The summed E-state index contributed by atoms with van der Waals surface area (Å²) in [5.41, 5.74) is 0.328. The van der Waals surface area contributed by atoms with Crippen molar-refractivity contribution < 1.29 is 14.6 Å². The highest BCUT2D eigenvalue weighted by Gasteiger charge is 2.07. The van der Waals surface area contributed by atoms with Crippen molar-refractivity contribution in [1.82, 2.24) is 0 Å². The summed E-state index contributed by atoms with van der Waals surface area (Å²) in [5.74, 6) is -0.981. The van der Waals surface area contributed by atoms with Crippen LogP contribution in [0.5, 0.6) is 0 Å². The van der Waals surface area contributed by atoms with Crippen molar-refractivity contribution in [2.45, 2.75) is 20.8 Å². The zero-order chi connectivity index (χ0) is 10.2. The van der Waals surface area contributed by atoms with Gasteiger partial charge in [0.2, 0.25) is 0 Å². The number of carboxylic acids is 1. The molecule has 0 saturated heterocycles. The molecule has 0 fully saturated rings. The Labute approximate surface area is 74.0 Å². The molecular weight excluding hydrogens is 156 g/mol. The molecule has 0 amide bonds. The van der Waals surface area contributed by atoms with Crippen LogP contribution in [0, 0.1) is 5.41 Å². The topological polar surface area (TPSA) is 46.5 Å². The van der Waals surface area contributed by atoms with Crippen LogP contribution in [0.3, 0.4) is 0 Å². The summed E-state index contributed by atoms with van der Waals surface area (Å²) in [4.78, 5) is 9.25. The first-order valence-electron chi connectivity index (χ1n) is 3.68. The van der Waals surface area contributed by atoms with Gasteiger partial charge in [0.15, 0.2) is 0 Å². The molecule has 1 N–H and O–H groups in total. The number of carbonyl (C=O) groups is 1. The molecule has 3 nitrogen and oxygen atoms in total. The molecule has 0 aromatic rings. The maximum Gasteiger partial charge on any atom is 0.327 e. The van der Waals surface area contributed by atoms with Gasteiger partial charge in [0, 0.05) is 13.2 Å². The van der Waals surface area contributed by atoms with E-state index >= 15 is 0 Å². The molecule has 0 rings (SSSR count). The SMILES string of the molecule is C=CC(=O)O.COCC(C)(C)C. The zero-order valence-electron chi connectivity index (χ0n) is 8.26. The maximum absolute atomic E-state index is 9.25. The molecule has 0 saturated carbocycles. The van der Waals surface area contributed by atoms with E-state index in [4.69, 9.17) is 9.84 Å². The summed E-state index contributed by atoms with van der Waals surface area (Å²) in [6.07, 6.45) is 0.833. The van der Waals surface area contributed by atoms with E-state index in [2.05, 4.69) is 27.4 Å². The monoisotopic (exact) mass is 174 g/mol. The predicted molar refractivity (Wildman–Crippen MR) is 49.2 cm³/mol. The van der Waals surface area contributed by atoms with Gasteiger partial charge in [-0.3, -0.25) is 0 Å². The van der Waals surface area contributed by atoms with Crippen LogP contribution in [-0.2, 0) is 9.53 Å². The molecule has 0 bridgehead atoms. The van der Waals surface area contributed by atoms with Gasteiger partial charge < -0.3 is 9.84 Å². The second kappa shape index (κ2) is 6.85. The Morgan fingerprint density at radius 2 is 1.92 bits per heavy atom. The van der Waals surface area contributed by atoms with E-state index < -0.39 is 5.97 Å². The summed E-state index contributed by atoms with van der Waals surface area (Å²) in [7, 11) is 1.73. The van der Waals surface area contributed by atoms with Crippen molar-refractivity contribution >= 4 is 5.97 Å². The van der Waals surface area contributed by atoms with E-state index in [0.29, 0.717) is 5.41 Å². The summed E-state index contributed by atoms with van der Waals surface area (Å²) in [6.45, 7) is 10.2. The lowest BCUT2D eigenvalue weighted by atomic mass is 9.99. The number of ether oxygens (including phenoxy) is 1. The van der Waals surface area contributed by atoms with Crippen LogP contribution in [0.2, 0.25) is 0 Å². The first-order chi connectivity index (χ1) is 5.33. The van der Waals surface area contributed by atoms with Gasteiger partial charge in [-0.05, 0) is 5.41 Å². The first kappa shape index (κ1) is 13.7. The lowest BCUT2D eigenvalue weighted by Gasteiger charge is -2.15. The summed E-state index contributed by atoms with van der Waals surface area (Å²) in [6, 6.07) is 0. The molecule has 0 aliphatic heterocycles. The quantitative estimate of drug-likeness (QED) is 0.651. The Morgan fingerprint density at radius 1 is 1.58 bits per heavy atom. The molecule has 0 aliphatic carbocycles. The fourth-order valence-corrected chi connectivity index (χ4v) is 0.433. The fourth-order valence-electron chi connectivity index (χ4n) is 0.433. The van der Waals surface area contributed by atoms with Crippen LogP contribution in [-0.4, -0.2) is 24.8 Å². The third-order valence-electron chi connectivity index (χ3n) is 0.752. The van der Waals surface area contributed by atoms with Crippen LogP contribution >= 0.6 is 0 Å². The number of methoxy groups -OCH3 is 1. The van der Waals surface area contributed by atoms with Crippen molar-refractivity contribution in [2.75, 3.05) is 13.7 Å². The fraction of sp³-hybridized carbons (Fsp3) is 0.667. The Kier molecular flexibility index (Phi) is 7.85. The molecule has 0 heterocycles. The number of hydrogen-bond acceptors (Lipinski definition) is 2. The van der Waals surface area contributed by atoms with E-state index in [9.17, 15) is 4.79 Å². The van der Waals surface area contributed by atoms with E-state index in [1.54, 1.807) is 7.11 Å². The number of aliphatic carboxylic acids is 1. The Balaban J connectivity index is 0. The Bertz CT molecular complexity index is 133. The summed E-state index contributed by atoms with van der Waals surface area (Å²) in [5, 5.41) is 7.60. The summed E-state index contributed by atoms with van der Waals surface area (Å²) >= 11 is 0. The Hall–Kier alpha value is -0.830. The number of carboxylic acid groups (broad SMARTS) is 1. The lowest BCUT2D eigenvalue weighted by Crippen LogP contribution is -2.12. The smallest absolute Gasteiger partial charge is 0.327 e. The van der Waals surface area contributed by atoms with Crippen LogP contribution < -0.4 is 0 Å². The van der Waals surface area contributed by atoms with Crippen LogP contribution in [0.1, 0.15) is 20.8 Å². The van der Waals surface area contributed by atoms with Crippen molar-refractivity contribution in [3.05, 3.63) is 12.7 Å². The largest absolute Gasteiger partial charge is 0.478 e. The first-order valence-corrected chi connectivity index (χ1v) is 3.68. The number of rotatable bonds is 2. The molecule has 72 valence electrons. The normalized spacial score (nSPS) is 9.67. The molecule has 3 heteroatoms. The molecule has 0 atom stereocenters. The van der Waals surface area contributed by atoms with Gasteiger partial charge in [-0.25, -0.2) is 4.79 Å². The highest BCUT2D eigenvalue weighted by molar-refractivity contribution is 5.78. The second-order valence-electron chi connectivity index (χ2n) is 3.54. The molecule has 0 spiro atoms. The standard InChI is InChI=1S/C6H14O.C3H4O2/c1-6(2,3)5-7-4;1-2-3(4)5/h5H2,1-4H3;2H,1H2,(H,4,5). The average Bonchev–Trinajstić information content (AvgIpc) is 1.86. The lowest BCUT2D eigenvalue weighted by molar-refractivity contribution is -0.131. The van der Waals surface area contributed by atoms with Gasteiger partial charge in [-0.15, -0.1) is 0 Å². The van der Waals surface area contributed by atoms with Crippen LogP contribution in [0.15, 0.2) is 12.7 Å². The number of hydrogen-bond donors (Lipinski definition) is 1.